The molecule has 0 radical (unpaired) electrons. The third-order valence-corrected chi connectivity index (χ3v) is 7.34. The van der Waals surface area contributed by atoms with E-state index in [0.29, 0.717) is 5.41 Å². The van der Waals surface area contributed by atoms with Gasteiger partial charge < -0.3 is 20.7 Å². The zero-order chi connectivity index (χ0) is 22.0. The van der Waals surface area contributed by atoms with Crippen LogP contribution in [-0.2, 0) is 17.6 Å². The summed E-state index contributed by atoms with van der Waals surface area (Å²) in [6, 6.07) is 8.66. The Hall–Kier alpha value is -2.86. The lowest BCUT2D eigenvalue weighted by atomic mass is 9.77. The second kappa shape index (κ2) is 7.07. The van der Waals surface area contributed by atoms with Crippen molar-refractivity contribution in [2.75, 3.05) is 42.3 Å². The maximum absolute atomic E-state index is 6.11. The van der Waals surface area contributed by atoms with E-state index in [1.54, 1.807) is 0 Å². The summed E-state index contributed by atoms with van der Waals surface area (Å²) in [5.41, 5.74) is 15.1. The topological polar surface area (TPSA) is 76.3 Å². The number of nitrogens with two attached hydrogens (primary N) is 1. The molecule has 32 heavy (non-hydrogen) atoms. The van der Waals surface area contributed by atoms with E-state index in [1.165, 1.54) is 34.4 Å². The lowest BCUT2D eigenvalue weighted by Crippen LogP contribution is -2.66. The number of hydrogen-bond donors (Lipinski definition) is 2. The van der Waals surface area contributed by atoms with Gasteiger partial charge in [-0.3, -0.25) is 0 Å². The van der Waals surface area contributed by atoms with Gasteiger partial charge in [0.05, 0.1) is 30.2 Å². The molecule has 3 aromatic rings. The first-order valence-corrected chi connectivity index (χ1v) is 11.7. The van der Waals surface area contributed by atoms with Crippen molar-refractivity contribution in [3.05, 3.63) is 52.3 Å². The first-order valence-electron chi connectivity index (χ1n) is 11.7. The van der Waals surface area contributed by atoms with Crippen molar-refractivity contribution in [3.63, 3.8) is 0 Å². The van der Waals surface area contributed by atoms with Crippen LogP contribution >= 0.6 is 0 Å². The molecular weight excluding hydrogens is 398 g/mol. The molecule has 3 aliphatic rings. The zero-order valence-corrected chi connectivity index (χ0v) is 19.2. The summed E-state index contributed by atoms with van der Waals surface area (Å²) < 4.78 is 5.50. The Morgan fingerprint density at radius 3 is 2.56 bits per heavy atom. The van der Waals surface area contributed by atoms with Crippen LogP contribution in [-0.4, -0.2) is 36.3 Å². The van der Waals surface area contributed by atoms with Gasteiger partial charge >= 0.3 is 0 Å². The highest BCUT2D eigenvalue weighted by Gasteiger charge is 2.49. The average molecular weight is 430 g/mol. The predicted octanol–water partition coefficient (Wildman–Crippen LogP) is 4.33. The van der Waals surface area contributed by atoms with Crippen molar-refractivity contribution in [3.8, 4) is 0 Å². The van der Waals surface area contributed by atoms with Crippen LogP contribution in [0.25, 0.3) is 10.9 Å². The highest BCUT2D eigenvalue weighted by atomic mass is 16.5. The van der Waals surface area contributed by atoms with Crippen LogP contribution in [0.4, 0.5) is 17.2 Å². The minimum absolute atomic E-state index is 0.0887. The maximum atomic E-state index is 6.11. The van der Waals surface area contributed by atoms with E-state index in [4.69, 9.17) is 20.4 Å². The molecular formula is C26H31N5O. The van der Waals surface area contributed by atoms with Gasteiger partial charge in [0.2, 0.25) is 0 Å². The highest BCUT2D eigenvalue weighted by Crippen LogP contribution is 2.45. The summed E-state index contributed by atoms with van der Waals surface area (Å²) in [7, 11) is 0. The van der Waals surface area contributed by atoms with Gasteiger partial charge in [0.15, 0.2) is 0 Å². The average Bonchev–Trinajstić information content (AvgIpc) is 3.15. The molecule has 2 aromatic carbocycles. The molecule has 0 amide bonds. The molecule has 1 atom stereocenters. The lowest BCUT2D eigenvalue weighted by Gasteiger charge is -2.56. The SMILES string of the molecule is Cc1cc(N)cc([C@@H](C)Nc2nc(C)nc3c4c(c(N5CC6(COC6)C5)cc23)CCC4)c1. The molecule has 3 heterocycles. The number of benzene rings is 2. The first-order chi connectivity index (χ1) is 15.4. The number of nitrogens with one attached hydrogen (secondary N) is 1. The van der Waals surface area contributed by atoms with Crippen LogP contribution in [0.15, 0.2) is 24.3 Å². The van der Waals surface area contributed by atoms with Crippen LogP contribution < -0.4 is 16.0 Å². The molecule has 0 bridgehead atoms. The van der Waals surface area contributed by atoms with E-state index in [9.17, 15) is 0 Å². The quantitative estimate of drug-likeness (QED) is 0.602. The van der Waals surface area contributed by atoms with E-state index < -0.39 is 0 Å². The molecule has 1 aromatic heterocycles. The summed E-state index contributed by atoms with van der Waals surface area (Å²) in [5, 5.41) is 4.81. The van der Waals surface area contributed by atoms with Gasteiger partial charge in [0.25, 0.3) is 0 Å². The van der Waals surface area contributed by atoms with E-state index in [0.717, 1.165) is 67.4 Å². The summed E-state index contributed by atoms with van der Waals surface area (Å²) in [4.78, 5) is 12.3. The smallest absolute Gasteiger partial charge is 0.138 e. The Labute approximate surface area is 189 Å². The van der Waals surface area contributed by atoms with Gasteiger partial charge in [-0.15, -0.1) is 0 Å². The molecule has 1 spiro atoms. The Morgan fingerprint density at radius 1 is 1.06 bits per heavy atom. The predicted molar refractivity (Wildman–Crippen MR) is 129 cm³/mol. The fraction of sp³-hybridized carbons (Fsp3) is 0.462. The minimum Gasteiger partial charge on any atom is -0.399 e. The van der Waals surface area contributed by atoms with Crippen molar-refractivity contribution in [2.24, 2.45) is 5.41 Å². The monoisotopic (exact) mass is 429 g/mol. The normalized spacial score (nSPS) is 19.5. The van der Waals surface area contributed by atoms with Crippen LogP contribution in [0.1, 0.15) is 47.5 Å². The third-order valence-electron chi connectivity index (χ3n) is 7.34. The molecule has 3 N–H and O–H groups in total. The van der Waals surface area contributed by atoms with Crippen LogP contribution in [0.5, 0.6) is 0 Å². The number of aryl methyl sites for hydroxylation is 3. The van der Waals surface area contributed by atoms with E-state index in [2.05, 4.69) is 36.2 Å². The first kappa shape index (κ1) is 19.8. The van der Waals surface area contributed by atoms with Gasteiger partial charge in [-0.05, 0) is 80.5 Å². The van der Waals surface area contributed by atoms with Crippen LogP contribution in [0, 0.1) is 19.3 Å². The number of nitrogens with zero attached hydrogens (tertiary/aromatic N) is 3. The number of anilines is 3. The minimum atomic E-state index is 0.0887. The van der Waals surface area contributed by atoms with Gasteiger partial charge in [-0.1, -0.05) is 6.07 Å². The Balaban J connectivity index is 1.42. The van der Waals surface area contributed by atoms with Crippen molar-refractivity contribution in [1.82, 2.24) is 9.97 Å². The highest BCUT2D eigenvalue weighted by molar-refractivity contribution is 5.96. The maximum Gasteiger partial charge on any atom is 0.138 e. The molecule has 0 unspecified atom stereocenters. The van der Waals surface area contributed by atoms with Crippen molar-refractivity contribution >= 4 is 28.1 Å². The molecule has 1 aliphatic carbocycles. The molecule has 6 rings (SSSR count). The van der Waals surface area contributed by atoms with Gasteiger partial charge in [0, 0.05) is 29.9 Å². The molecule has 166 valence electrons. The molecule has 6 heteroatoms. The van der Waals surface area contributed by atoms with E-state index in [1.807, 2.05) is 19.1 Å². The van der Waals surface area contributed by atoms with Crippen LogP contribution in [0.2, 0.25) is 0 Å². The Morgan fingerprint density at radius 2 is 1.84 bits per heavy atom. The van der Waals surface area contributed by atoms with Gasteiger partial charge in [-0.25, -0.2) is 9.97 Å². The zero-order valence-electron chi connectivity index (χ0n) is 19.2. The number of hydrogen-bond acceptors (Lipinski definition) is 6. The summed E-state index contributed by atoms with van der Waals surface area (Å²) in [6.45, 7) is 10.3. The fourth-order valence-corrected chi connectivity index (χ4v) is 5.74. The van der Waals surface area contributed by atoms with Gasteiger partial charge in [0.1, 0.15) is 11.6 Å². The largest absolute Gasteiger partial charge is 0.399 e. The number of nitrogen functional groups attached to an aromatic ring is 1. The fourth-order valence-electron chi connectivity index (χ4n) is 5.74. The van der Waals surface area contributed by atoms with E-state index >= 15 is 0 Å². The summed E-state index contributed by atoms with van der Waals surface area (Å²) >= 11 is 0. The summed E-state index contributed by atoms with van der Waals surface area (Å²) in [6.07, 6.45) is 3.45. The van der Waals surface area contributed by atoms with Crippen molar-refractivity contribution in [1.29, 1.82) is 0 Å². The number of aromatic nitrogens is 2. The van der Waals surface area contributed by atoms with E-state index in [-0.39, 0.29) is 6.04 Å². The van der Waals surface area contributed by atoms with Gasteiger partial charge in [-0.2, -0.15) is 0 Å². The second-order valence-corrected chi connectivity index (χ2v) is 10.1. The van der Waals surface area contributed by atoms with Crippen molar-refractivity contribution < 1.29 is 4.74 Å². The molecule has 0 saturated carbocycles. The molecule has 6 nitrogen and oxygen atoms in total. The summed E-state index contributed by atoms with van der Waals surface area (Å²) in [5.74, 6) is 1.73. The molecule has 2 fully saturated rings. The third kappa shape index (κ3) is 3.12. The molecule has 2 saturated heterocycles. The number of fused-ring (bicyclic) bond motifs is 3. The number of ether oxygens (including phenoxy) is 1. The molecule has 2 aliphatic heterocycles. The lowest BCUT2D eigenvalue weighted by molar-refractivity contribution is -0.127. The van der Waals surface area contributed by atoms with Crippen LogP contribution in [0.3, 0.4) is 0 Å². The Kier molecular flexibility index (Phi) is 4.37. The second-order valence-electron chi connectivity index (χ2n) is 10.1. The van der Waals surface area contributed by atoms with Crippen molar-refractivity contribution in [2.45, 2.75) is 46.1 Å². The Bertz CT molecular complexity index is 1200. The standard InChI is InChI=1S/C26H31N5O/c1-15-7-18(9-19(27)8-15)16(2)28-25-22-10-23(31-11-26(12-31)13-32-14-26)20-5-4-6-21(20)24(22)29-17(3)30-25/h7-10,16H,4-6,11-14,27H2,1-3H3,(H,28,29,30)/t16-/m1/s1. The number of rotatable bonds is 4.